The third-order valence-electron chi connectivity index (χ3n) is 7.34. The highest BCUT2D eigenvalue weighted by Crippen LogP contribution is 2.49. The number of nitrogens with two attached hydrogens (primary N) is 1. The van der Waals surface area contributed by atoms with Crippen LogP contribution in [-0.4, -0.2) is 73.7 Å². The molecule has 1 aliphatic rings. The van der Waals surface area contributed by atoms with Gasteiger partial charge in [0.1, 0.15) is 55.2 Å². The van der Waals surface area contributed by atoms with E-state index in [1.165, 1.54) is 36.0 Å². The van der Waals surface area contributed by atoms with Gasteiger partial charge in [0.25, 0.3) is 5.85 Å². The monoisotopic (exact) mass is 673 g/mol. The molecule has 0 spiro atoms. The maximum Gasteiger partial charge on any atom is 0.459 e. The summed E-state index contributed by atoms with van der Waals surface area (Å²) in [6, 6.07) is 19.1. The summed E-state index contributed by atoms with van der Waals surface area (Å²) in [6.45, 7) is 3.87. The molecule has 1 fully saturated rings. The summed E-state index contributed by atoms with van der Waals surface area (Å²) < 4.78 is 59.2. The first-order valence-electron chi connectivity index (χ1n) is 14.7. The van der Waals surface area contributed by atoms with Crippen LogP contribution in [-0.2, 0) is 34.7 Å². The van der Waals surface area contributed by atoms with E-state index in [1.807, 2.05) is 30.3 Å². The number of anilines is 1. The van der Waals surface area contributed by atoms with E-state index < -0.39 is 56.1 Å². The summed E-state index contributed by atoms with van der Waals surface area (Å²) in [5.41, 5.74) is 6.50. The third-order valence-corrected chi connectivity index (χ3v) is 8.96. The number of nitrogens with one attached hydrogen (secondary N) is 1. The number of carbonyl (C=O) groups is 1. The summed E-state index contributed by atoms with van der Waals surface area (Å²) in [5.74, 6) is -3.66. The van der Waals surface area contributed by atoms with Crippen molar-refractivity contribution in [2.24, 2.45) is 0 Å². The van der Waals surface area contributed by atoms with Gasteiger partial charge in [0.15, 0.2) is 5.82 Å². The van der Waals surface area contributed by atoms with Crippen molar-refractivity contribution < 1.29 is 47.2 Å². The number of para-hydroxylation sites is 1. The maximum atomic E-state index is 16.2. The van der Waals surface area contributed by atoms with Crippen LogP contribution in [0.2, 0.25) is 0 Å². The second kappa shape index (κ2) is 14.0. The van der Waals surface area contributed by atoms with E-state index in [9.17, 15) is 19.6 Å². The number of hydrogen-bond acceptors (Lipinski definition) is 12. The SMILES string of the molecule is C[C@H](NP(=O)(OC[C@@]1(F)O[C@@H](c2ccc3c(N)ncnn23)[C@H](O)[C@@H]1O)Oc1ccccc1)C(=O)OCC(C)(C)OCc1ccccc1. The van der Waals surface area contributed by atoms with E-state index in [0.29, 0.717) is 12.1 Å². The van der Waals surface area contributed by atoms with Gasteiger partial charge in [-0.05, 0) is 50.6 Å². The topological polar surface area (TPSA) is 189 Å². The van der Waals surface area contributed by atoms with E-state index >= 15 is 4.39 Å². The number of ether oxygens (including phenoxy) is 3. The summed E-state index contributed by atoms with van der Waals surface area (Å²) in [4.78, 5) is 16.8. The molecule has 0 amide bonds. The molecule has 5 rings (SSSR count). The first-order chi connectivity index (χ1) is 22.3. The Bertz CT molecular complexity index is 1710. The Morgan fingerprint density at radius 2 is 1.83 bits per heavy atom. The van der Waals surface area contributed by atoms with Crippen molar-refractivity contribution in [1.29, 1.82) is 0 Å². The average molecular weight is 674 g/mol. The van der Waals surface area contributed by atoms with Gasteiger partial charge in [0.2, 0.25) is 0 Å². The molecule has 0 radical (unpaired) electrons. The van der Waals surface area contributed by atoms with Gasteiger partial charge in [0, 0.05) is 0 Å². The van der Waals surface area contributed by atoms with Crippen LogP contribution in [0.5, 0.6) is 5.75 Å². The number of aromatic nitrogens is 3. The lowest BCUT2D eigenvalue weighted by Gasteiger charge is -2.28. The highest BCUT2D eigenvalue weighted by molar-refractivity contribution is 7.52. The number of esters is 1. The molecule has 16 heteroatoms. The molecule has 0 aliphatic carbocycles. The Kier molecular flexibility index (Phi) is 10.3. The molecule has 1 unspecified atom stereocenters. The summed E-state index contributed by atoms with van der Waals surface area (Å²) in [7, 11) is -4.57. The van der Waals surface area contributed by atoms with E-state index in [0.717, 1.165) is 5.56 Å². The Hall–Kier alpha value is -3.95. The van der Waals surface area contributed by atoms with Crippen LogP contribution in [0.25, 0.3) is 5.52 Å². The average Bonchev–Trinajstić information content (AvgIpc) is 3.58. The molecule has 1 saturated heterocycles. The van der Waals surface area contributed by atoms with Gasteiger partial charge < -0.3 is 34.7 Å². The quantitative estimate of drug-likeness (QED) is 0.113. The molecule has 2 aromatic heterocycles. The number of hydrogen-bond donors (Lipinski definition) is 4. The van der Waals surface area contributed by atoms with Gasteiger partial charge in [-0.1, -0.05) is 48.5 Å². The minimum atomic E-state index is -4.57. The Balaban J connectivity index is 1.26. The fraction of sp³-hybridized carbons (Fsp3) is 0.387. The van der Waals surface area contributed by atoms with Crippen LogP contribution in [0.1, 0.15) is 38.1 Å². The number of nitrogens with zero attached hydrogens (tertiary/aromatic N) is 3. The fourth-order valence-corrected chi connectivity index (χ4v) is 6.26. The molecule has 252 valence electrons. The number of carbonyl (C=O) groups excluding carboxylic acids is 1. The zero-order valence-electron chi connectivity index (χ0n) is 25.9. The normalized spacial score (nSPS) is 23.3. The number of fused-ring (bicyclic) bond motifs is 1. The molecule has 47 heavy (non-hydrogen) atoms. The van der Waals surface area contributed by atoms with Crippen LogP contribution >= 0.6 is 7.75 Å². The molecule has 0 saturated carbocycles. The molecule has 5 N–H and O–H groups in total. The van der Waals surface area contributed by atoms with Gasteiger partial charge in [0.05, 0.1) is 17.9 Å². The second-order valence-corrected chi connectivity index (χ2v) is 13.3. The van der Waals surface area contributed by atoms with Gasteiger partial charge >= 0.3 is 13.7 Å². The summed E-state index contributed by atoms with van der Waals surface area (Å²) in [5, 5.41) is 28.0. The van der Waals surface area contributed by atoms with Gasteiger partial charge in [-0.3, -0.25) is 9.32 Å². The number of aliphatic hydroxyl groups excluding tert-OH is 2. The molecule has 6 atom stereocenters. The molecular weight excluding hydrogens is 636 g/mol. The third kappa shape index (κ3) is 8.14. The Morgan fingerprint density at radius 3 is 2.53 bits per heavy atom. The zero-order chi connectivity index (χ0) is 33.8. The highest BCUT2D eigenvalue weighted by Gasteiger charge is 2.57. The molecule has 0 bridgehead atoms. The number of alkyl halides is 1. The van der Waals surface area contributed by atoms with Crippen molar-refractivity contribution in [3.05, 3.63) is 90.4 Å². The second-order valence-electron chi connectivity index (χ2n) is 11.6. The van der Waals surface area contributed by atoms with E-state index in [-0.39, 0.29) is 23.9 Å². The standard InChI is InChI=1S/C31H37FN5O9P/c1-20(29(40)42-17-30(2,3)43-16-21-10-6-4-7-11-21)36-47(41,46-22-12-8-5-9-13-22)44-18-31(32)27(39)25(38)26(45-31)23-14-15-24-28(33)34-19-35-37(23)24/h4-15,19-20,25-27,38-39H,16-18H2,1-3H3,(H,36,41)(H2,33,34,35)/t20-,25-,26-,27-,31+,47?/m0/s1. The zero-order valence-corrected chi connectivity index (χ0v) is 26.8. The van der Waals surface area contributed by atoms with Crippen LogP contribution in [0.15, 0.2) is 79.1 Å². The number of halogens is 1. The molecule has 2 aromatic carbocycles. The van der Waals surface area contributed by atoms with Crippen molar-refractivity contribution in [3.8, 4) is 5.75 Å². The molecule has 14 nitrogen and oxygen atoms in total. The fourth-order valence-electron chi connectivity index (χ4n) is 4.75. The summed E-state index contributed by atoms with van der Waals surface area (Å²) in [6.07, 6.45) is -4.16. The van der Waals surface area contributed by atoms with Crippen molar-refractivity contribution in [3.63, 3.8) is 0 Å². The number of benzene rings is 2. The lowest BCUT2D eigenvalue weighted by molar-refractivity contribution is -0.193. The van der Waals surface area contributed by atoms with E-state index in [2.05, 4.69) is 15.2 Å². The lowest BCUT2D eigenvalue weighted by Crippen LogP contribution is -2.44. The van der Waals surface area contributed by atoms with Gasteiger partial charge in [-0.15, -0.1) is 0 Å². The van der Waals surface area contributed by atoms with Crippen molar-refractivity contribution in [2.75, 3.05) is 18.9 Å². The maximum absolute atomic E-state index is 16.2. The van der Waals surface area contributed by atoms with E-state index in [1.54, 1.807) is 38.1 Å². The minimum absolute atomic E-state index is 0.0787. The Morgan fingerprint density at radius 1 is 1.15 bits per heavy atom. The van der Waals surface area contributed by atoms with Crippen molar-refractivity contribution >= 4 is 25.1 Å². The first-order valence-corrected chi connectivity index (χ1v) is 16.3. The first kappa shape index (κ1) is 34.4. The van der Waals surface area contributed by atoms with Gasteiger partial charge in [-0.2, -0.15) is 10.2 Å². The van der Waals surface area contributed by atoms with Gasteiger partial charge in [-0.25, -0.2) is 18.5 Å². The smallest absolute Gasteiger partial charge is 0.459 e. The Labute approximate surface area is 270 Å². The number of rotatable bonds is 14. The van der Waals surface area contributed by atoms with E-state index in [4.69, 9.17) is 29.0 Å². The lowest BCUT2D eigenvalue weighted by atomic mass is 10.1. The molecule has 4 aromatic rings. The van der Waals surface area contributed by atoms with Crippen LogP contribution in [0, 0.1) is 0 Å². The van der Waals surface area contributed by atoms with Crippen LogP contribution in [0.3, 0.4) is 0 Å². The largest absolute Gasteiger partial charge is 0.461 e. The number of aliphatic hydroxyl groups is 2. The molecular formula is C31H37FN5O9P. The van der Waals surface area contributed by atoms with Crippen molar-refractivity contribution in [2.45, 2.75) is 63.2 Å². The summed E-state index contributed by atoms with van der Waals surface area (Å²) >= 11 is 0. The highest BCUT2D eigenvalue weighted by atomic mass is 31.2. The predicted octanol–water partition coefficient (Wildman–Crippen LogP) is 3.49. The minimum Gasteiger partial charge on any atom is -0.461 e. The van der Waals surface area contributed by atoms with Crippen molar-refractivity contribution in [1.82, 2.24) is 19.7 Å². The number of nitrogen functional groups attached to an aromatic ring is 1. The molecule has 3 heterocycles. The van der Waals surface area contributed by atoms with Crippen LogP contribution < -0.4 is 15.3 Å². The predicted molar refractivity (Wildman–Crippen MR) is 167 cm³/mol. The van der Waals surface area contributed by atoms with Crippen LogP contribution in [0.4, 0.5) is 10.2 Å². The molecule has 1 aliphatic heterocycles.